The van der Waals surface area contributed by atoms with Crippen molar-refractivity contribution in [3.63, 3.8) is 0 Å². The van der Waals surface area contributed by atoms with E-state index in [1.165, 1.54) is 25.5 Å². The Morgan fingerprint density at radius 2 is 2.31 bits per heavy atom. The Labute approximate surface area is 95.2 Å². The molecular formula is C10H16N2O3S. The SMILES string of the molecule is CC(c1ocnc1CNC1CC1)S(C)(=O)=O. The standard InChI is InChI=1S/C10H16N2O3S/c1-7(16(2,13)14)10-9(12-6-15-10)5-11-8-3-4-8/h6-8,11H,3-5H2,1-2H3. The van der Waals surface area contributed by atoms with Crippen LogP contribution in [-0.2, 0) is 16.4 Å². The van der Waals surface area contributed by atoms with Crippen LogP contribution in [0.15, 0.2) is 10.8 Å². The Kier molecular flexibility index (Phi) is 3.03. The average Bonchev–Trinajstić information content (AvgIpc) is 2.91. The summed E-state index contributed by atoms with van der Waals surface area (Å²) >= 11 is 0. The highest BCUT2D eigenvalue weighted by Gasteiger charge is 2.26. The van der Waals surface area contributed by atoms with Crippen LogP contribution in [0.1, 0.15) is 36.5 Å². The maximum absolute atomic E-state index is 11.4. The van der Waals surface area contributed by atoms with Crippen molar-refractivity contribution in [1.82, 2.24) is 10.3 Å². The predicted molar refractivity (Wildman–Crippen MR) is 59.6 cm³/mol. The van der Waals surface area contributed by atoms with E-state index in [0.29, 0.717) is 24.0 Å². The van der Waals surface area contributed by atoms with E-state index >= 15 is 0 Å². The number of nitrogens with zero attached hydrogens (tertiary/aromatic N) is 1. The van der Waals surface area contributed by atoms with Crippen molar-refractivity contribution in [3.8, 4) is 0 Å². The van der Waals surface area contributed by atoms with Gasteiger partial charge in [0.05, 0.1) is 5.69 Å². The molecule has 1 aromatic heterocycles. The molecule has 1 heterocycles. The lowest BCUT2D eigenvalue weighted by atomic mass is 10.3. The second kappa shape index (κ2) is 4.18. The summed E-state index contributed by atoms with van der Waals surface area (Å²) in [6.45, 7) is 2.20. The highest BCUT2D eigenvalue weighted by atomic mass is 32.2. The molecule has 1 aliphatic rings. The van der Waals surface area contributed by atoms with Crippen LogP contribution in [0.2, 0.25) is 0 Å². The van der Waals surface area contributed by atoms with E-state index in [9.17, 15) is 8.42 Å². The number of rotatable bonds is 5. The highest BCUT2D eigenvalue weighted by Crippen LogP contribution is 2.25. The van der Waals surface area contributed by atoms with Crippen LogP contribution in [0.5, 0.6) is 0 Å². The number of hydrogen-bond acceptors (Lipinski definition) is 5. The summed E-state index contributed by atoms with van der Waals surface area (Å²) in [7, 11) is -3.13. The smallest absolute Gasteiger partial charge is 0.181 e. The van der Waals surface area contributed by atoms with Crippen molar-refractivity contribution >= 4 is 9.84 Å². The summed E-state index contributed by atoms with van der Waals surface area (Å²) in [5, 5.41) is 2.66. The zero-order chi connectivity index (χ0) is 11.8. The van der Waals surface area contributed by atoms with E-state index in [0.717, 1.165) is 0 Å². The van der Waals surface area contributed by atoms with Crippen LogP contribution in [0.3, 0.4) is 0 Å². The largest absolute Gasteiger partial charge is 0.447 e. The van der Waals surface area contributed by atoms with Gasteiger partial charge in [0.15, 0.2) is 16.2 Å². The van der Waals surface area contributed by atoms with Crippen LogP contribution >= 0.6 is 0 Å². The fourth-order valence-electron chi connectivity index (χ4n) is 1.46. The molecule has 1 aliphatic carbocycles. The molecule has 1 saturated carbocycles. The van der Waals surface area contributed by atoms with E-state index in [-0.39, 0.29) is 0 Å². The van der Waals surface area contributed by atoms with Gasteiger partial charge in [0.2, 0.25) is 0 Å². The predicted octanol–water partition coefficient (Wildman–Crippen LogP) is 1.03. The molecule has 5 nitrogen and oxygen atoms in total. The van der Waals surface area contributed by atoms with Gasteiger partial charge in [-0.3, -0.25) is 0 Å². The fraction of sp³-hybridized carbons (Fsp3) is 0.700. The van der Waals surface area contributed by atoms with Crippen molar-refractivity contribution < 1.29 is 12.8 Å². The molecule has 0 aromatic carbocycles. The molecule has 0 radical (unpaired) electrons. The number of aromatic nitrogens is 1. The number of oxazole rings is 1. The lowest BCUT2D eigenvalue weighted by Crippen LogP contribution is -2.18. The minimum atomic E-state index is -3.13. The Morgan fingerprint density at radius 3 is 2.88 bits per heavy atom. The molecule has 90 valence electrons. The minimum absolute atomic E-state index is 0.454. The summed E-state index contributed by atoms with van der Waals surface area (Å²) in [6.07, 6.45) is 4.89. The first kappa shape index (κ1) is 11.6. The monoisotopic (exact) mass is 244 g/mol. The van der Waals surface area contributed by atoms with E-state index in [2.05, 4.69) is 10.3 Å². The summed E-state index contributed by atoms with van der Waals surface area (Å²) in [5.41, 5.74) is 0.699. The Hall–Kier alpha value is -0.880. The van der Waals surface area contributed by atoms with Gasteiger partial charge < -0.3 is 9.73 Å². The summed E-state index contributed by atoms with van der Waals surface area (Å²) < 4.78 is 28.0. The van der Waals surface area contributed by atoms with Gasteiger partial charge in [0.25, 0.3) is 0 Å². The van der Waals surface area contributed by atoms with E-state index in [1.54, 1.807) is 6.92 Å². The molecule has 0 aliphatic heterocycles. The fourth-order valence-corrected chi connectivity index (χ4v) is 2.04. The molecule has 0 bridgehead atoms. The topological polar surface area (TPSA) is 72.2 Å². The van der Waals surface area contributed by atoms with Gasteiger partial charge in [-0.05, 0) is 19.8 Å². The Bertz CT molecular complexity index is 462. The van der Waals surface area contributed by atoms with Gasteiger partial charge in [-0.2, -0.15) is 0 Å². The molecule has 1 atom stereocenters. The first-order valence-electron chi connectivity index (χ1n) is 5.33. The van der Waals surface area contributed by atoms with Gasteiger partial charge in [-0.1, -0.05) is 0 Å². The molecule has 0 spiro atoms. The van der Waals surface area contributed by atoms with Crippen molar-refractivity contribution in [2.45, 2.75) is 37.6 Å². The number of hydrogen-bond donors (Lipinski definition) is 1. The quantitative estimate of drug-likeness (QED) is 0.837. The lowest BCUT2D eigenvalue weighted by molar-refractivity contribution is 0.490. The summed E-state index contributed by atoms with van der Waals surface area (Å²) in [4.78, 5) is 4.06. The normalized spacial score (nSPS) is 18.6. The second-order valence-corrected chi connectivity index (χ2v) is 6.66. The minimum Gasteiger partial charge on any atom is -0.447 e. The third kappa shape index (κ3) is 2.62. The molecule has 1 fully saturated rings. The zero-order valence-electron chi connectivity index (χ0n) is 9.43. The lowest BCUT2D eigenvalue weighted by Gasteiger charge is -2.08. The average molecular weight is 244 g/mol. The molecule has 1 aromatic rings. The summed E-state index contributed by atoms with van der Waals surface area (Å²) in [6, 6.07) is 0.568. The first-order valence-corrected chi connectivity index (χ1v) is 7.28. The van der Waals surface area contributed by atoms with E-state index in [4.69, 9.17) is 4.42 Å². The molecule has 2 rings (SSSR count). The summed E-state index contributed by atoms with van der Waals surface area (Å²) in [5.74, 6) is 0.454. The van der Waals surface area contributed by atoms with Crippen LogP contribution < -0.4 is 5.32 Å². The van der Waals surface area contributed by atoms with Crippen molar-refractivity contribution in [2.75, 3.05) is 6.26 Å². The Morgan fingerprint density at radius 1 is 1.62 bits per heavy atom. The third-order valence-electron chi connectivity index (χ3n) is 2.82. The molecule has 16 heavy (non-hydrogen) atoms. The van der Waals surface area contributed by atoms with Gasteiger partial charge in [-0.15, -0.1) is 0 Å². The maximum Gasteiger partial charge on any atom is 0.181 e. The zero-order valence-corrected chi connectivity index (χ0v) is 10.3. The molecule has 1 unspecified atom stereocenters. The van der Waals surface area contributed by atoms with E-state index in [1.807, 2.05) is 0 Å². The maximum atomic E-state index is 11.4. The van der Waals surface area contributed by atoms with Gasteiger partial charge in [0, 0.05) is 18.8 Å². The first-order chi connectivity index (χ1) is 7.48. The number of sulfone groups is 1. The Balaban J connectivity index is 2.11. The van der Waals surface area contributed by atoms with Crippen molar-refractivity contribution in [2.24, 2.45) is 0 Å². The molecular weight excluding hydrogens is 228 g/mol. The van der Waals surface area contributed by atoms with Gasteiger partial charge in [0.1, 0.15) is 11.0 Å². The molecule has 0 saturated heterocycles. The van der Waals surface area contributed by atoms with Crippen molar-refractivity contribution in [3.05, 3.63) is 17.8 Å². The van der Waals surface area contributed by atoms with Gasteiger partial charge in [-0.25, -0.2) is 13.4 Å². The molecule has 6 heteroatoms. The van der Waals surface area contributed by atoms with Crippen LogP contribution in [0.25, 0.3) is 0 Å². The van der Waals surface area contributed by atoms with Crippen LogP contribution in [0, 0.1) is 0 Å². The van der Waals surface area contributed by atoms with Gasteiger partial charge >= 0.3 is 0 Å². The highest BCUT2D eigenvalue weighted by molar-refractivity contribution is 7.90. The van der Waals surface area contributed by atoms with E-state index < -0.39 is 15.1 Å². The second-order valence-electron chi connectivity index (χ2n) is 4.29. The van der Waals surface area contributed by atoms with Crippen molar-refractivity contribution in [1.29, 1.82) is 0 Å². The van der Waals surface area contributed by atoms with Crippen LogP contribution in [-0.4, -0.2) is 25.7 Å². The molecule has 0 amide bonds. The third-order valence-corrected chi connectivity index (χ3v) is 4.32. The number of nitrogens with one attached hydrogen (secondary N) is 1. The molecule has 1 N–H and O–H groups in total. The van der Waals surface area contributed by atoms with Crippen LogP contribution in [0.4, 0.5) is 0 Å².